The number of hydrogen-bond donors (Lipinski definition) is 0. The molecule has 238 valence electrons. The van der Waals surface area contributed by atoms with Gasteiger partial charge in [-0.05, 0) is 56.3 Å². The van der Waals surface area contributed by atoms with Crippen molar-refractivity contribution in [2.24, 2.45) is 0 Å². The maximum Gasteiger partial charge on any atom is 0.150 e. The van der Waals surface area contributed by atoms with Gasteiger partial charge in [-0.15, -0.1) is 0 Å². The molecule has 46 heavy (non-hydrogen) atoms. The summed E-state index contributed by atoms with van der Waals surface area (Å²) < 4.78 is 34.8. The second-order valence-electron chi connectivity index (χ2n) is 10.6. The van der Waals surface area contributed by atoms with Crippen LogP contribution in [0.1, 0.15) is 11.1 Å². The van der Waals surface area contributed by atoms with Crippen molar-refractivity contribution < 1.29 is 28.4 Å². The maximum absolute atomic E-state index is 5.93. The van der Waals surface area contributed by atoms with E-state index in [0.29, 0.717) is 34.5 Å². The molecule has 5 aromatic rings. The smallest absolute Gasteiger partial charge is 0.150 e. The fourth-order valence-electron chi connectivity index (χ4n) is 5.39. The Hall–Kier alpha value is -5.50. The van der Waals surface area contributed by atoms with E-state index < -0.39 is 0 Å². The van der Waals surface area contributed by atoms with Gasteiger partial charge in [0.2, 0.25) is 0 Å². The van der Waals surface area contributed by atoms with E-state index >= 15 is 0 Å². The zero-order valence-corrected chi connectivity index (χ0v) is 27.6. The highest BCUT2D eigenvalue weighted by atomic mass is 16.5. The van der Waals surface area contributed by atoms with Gasteiger partial charge in [-0.1, -0.05) is 41.5 Å². The molecule has 5 aromatic carbocycles. The first-order valence-corrected chi connectivity index (χ1v) is 14.8. The van der Waals surface area contributed by atoms with Crippen molar-refractivity contribution in [2.45, 2.75) is 13.8 Å². The molecular formula is C38H40N2O6. The molecule has 0 fully saturated rings. The maximum atomic E-state index is 5.93. The van der Waals surface area contributed by atoms with Gasteiger partial charge in [-0.2, -0.15) is 0 Å². The van der Waals surface area contributed by atoms with Crippen LogP contribution in [-0.4, -0.2) is 42.7 Å². The number of rotatable bonds is 12. The lowest BCUT2D eigenvalue weighted by atomic mass is 10.1. The van der Waals surface area contributed by atoms with E-state index in [1.54, 1.807) is 42.7 Å². The van der Waals surface area contributed by atoms with Gasteiger partial charge >= 0.3 is 0 Å². The van der Waals surface area contributed by atoms with Crippen molar-refractivity contribution in [2.75, 3.05) is 52.5 Å². The van der Waals surface area contributed by atoms with Crippen LogP contribution in [0.2, 0.25) is 0 Å². The van der Waals surface area contributed by atoms with Crippen LogP contribution in [0.25, 0.3) is 0 Å². The fraction of sp³-hybridized carbons (Fsp3) is 0.211. The van der Waals surface area contributed by atoms with Crippen LogP contribution in [0.15, 0.2) is 97.1 Å². The zero-order chi connectivity index (χ0) is 32.8. The Morgan fingerprint density at radius 1 is 0.370 bits per heavy atom. The van der Waals surface area contributed by atoms with Gasteiger partial charge in [0.15, 0.2) is 0 Å². The molecular weight excluding hydrogens is 580 g/mol. The SMILES string of the molecule is COc1cc(OC)c(N(c2ccc(C)cc2)c2cccc(N(c3ccc(C)cc3)c3c(OC)cc(OC)cc3OC)c2)c(OC)c1. The lowest BCUT2D eigenvalue weighted by Gasteiger charge is -2.32. The van der Waals surface area contributed by atoms with Gasteiger partial charge in [0.05, 0.1) is 42.7 Å². The van der Waals surface area contributed by atoms with E-state index in [2.05, 4.69) is 90.4 Å². The summed E-state index contributed by atoms with van der Waals surface area (Å²) in [5, 5.41) is 0. The number of methoxy groups -OCH3 is 6. The van der Waals surface area contributed by atoms with Gasteiger partial charge in [0.1, 0.15) is 45.9 Å². The molecule has 0 radical (unpaired) electrons. The predicted molar refractivity (Wildman–Crippen MR) is 185 cm³/mol. The topological polar surface area (TPSA) is 61.9 Å². The van der Waals surface area contributed by atoms with Crippen LogP contribution in [0.5, 0.6) is 34.5 Å². The number of hydrogen-bond acceptors (Lipinski definition) is 8. The van der Waals surface area contributed by atoms with E-state index in [0.717, 1.165) is 45.3 Å². The lowest BCUT2D eigenvalue weighted by molar-refractivity contribution is 0.377. The summed E-state index contributed by atoms with van der Waals surface area (Å²) in [4.78, 5) is 4.24. The van der Waals surface area contributed by atoms with Gasteiger partial charge < -0.3 is 38.2 Å². The van der Waals surface area contributed by atoms with Crippen molar-refractivity contribution in [3.05, 3.63) is 108 Å². The first-order chi connectivity index (χ1) is 22.3. The third kappa shape index (κ3) is 6.33. The number of benzene rings is 5. The standard InChI is InChI=1S/C38H40N2O6/c1-25-12-16-27(17-13-25)39(37-33(43-5)21-31(41-3)22-34(37)44-6)29-10-9-11-30(20-29)40(28-18-14-26(2)15-19-28)38-35(45-7)23-32(42-4)24-36(38)46-8/h9-24H,1-8H3. The minimum absolute atomic E-state index is 0.594. The summed E-state index contributed by atoms with van der Waals surface area (Å²) in [7, 11) is 9.81. The Morgan fingerprint density at radius 3 is 0.978 bits per heavy atom. The van der Waals surface area contributed by atoms with Crippen molar-refractivity contribution in [3.63, 3.8) is 0 Å². The van der Waals surface area contributed by atoms with Gasteiger partial charge in [-0.25, -0.2) is 0 Å². The second kappa shape index (κ2) is 14.1. The molecule has 0 atom stereocenters. The highest BCUT2D eigenvalue weighted by Crippen LogP contribution is 2.51. The summed E-state index contributed by atoms with van der Waals surface area (Å²) in [5.74, 6) is 3.62. The number of aryl methyl sites for hydroxylation is 2. The van der Waals surface area contributed by atoms with Crippen LogP contribution < -0.4 is 38.2 Å². The molecule has 0 saturated heterocycles. The first-order valence-electron chi connectivity index (χ1n) is 14.8. The Labute approximate surface area is 271 Å². The molecule has 0 unspecified atom stereocenters. The van der Waals surface area contributed by atoms with E-state index in [4.69, 9.17) is 28.4 Å². The molecule has 0 spiro atoms. The van der Waals surface area contributed by atoms with Crippen molar-refractivity contribution in [1.29, 1.82) is 0 Å². The quantitative estimate of drug-likeness (QED) is 0.137. The largest absolute Gasteiger partial charge is 0.496 e. The van der Waals surface area contributed by atoms with E-state index in [9.17, 15) is 0 Å². The van der Waals surface area contributed by atoms with E-state index in [1.165, 1.54) is 0 Å². The molecule has 5 rings (SSSR count). The van der Waals surface area contributed by atoms with Crippen LogP contribution >= 0.6 is 0 Å². The minimum atomic E-state index is 0.594. The molecule has 0 bridgehead atoms. The van der Waals surface area contributed by atoms with Crippen molar-refractivity contribution >= 4 is 34.1 Å². The molecule has 0 saturated carbocycles. The summed E-state index contributed by atoms with van der Waals surface area (Å²) in [6, 6.07) is 32.3. The van der Waals surface area contributed by atoms with Gasteiger partial charge in [-0.3, -0.25) is 0 Å². The minimum Gasteiger partial charge on any atom is -0.496 e. The average molecular weight is 621 g/mol. The Balaban J connectivity index is 1.80. The molecule has 0 aliphatic rings. The number of nitrogens with zero attached hydrogens (tertiary/aromatic N) is 2. The number of ether oxygens (including phenoxy) is 6. The summed E-state index contributed by atoms with van der Waals surface area (Å²) >= 11 is 0. The van der Waals surface area contributed by atoms with Gasteiger partial charge in [0, 0.05) is 47.0 Å². The Morgan fingerprint density at radius 2 is 0.696 bits per heavy atom. The third-order valence-corrected chi connectivity index (χ3v) is 7.76. The molecule has 0 aliphatic heterocycles. The molecule has 0 aromatic heterocycles. The first kappa shape index (κ1) is 31.9. The summed E-state index contributed by atoms with van der Waals surface area (Å²) in [6.45, 7) is 4.14. The zero-order valence-electron chi connectivity index (χ0n) is 27.6. The highest BCUT2D eigenvalue weighted by molar-refractivity contribution is 5.90. The second-order valence-corrected chi connectivity index (χ2v) is 10.6. The molecule has 0 N–H and O–H groups in total. The van der Waals surface area contributed by atoms with E-state index in [1.807, 2.05) is 30.3 Å². The third-order valence-electron chi connectivity index (χ3n) is 7.76. The van der Waals surface area contributed by atoms with Crippen LogP contribution in [0.3, 0.4) is 0 Å². The summed E-state index contributed by atoms with van der Waals surface area (Å²) in [5.41, 5.74) is 7.34. The summed E-state index contributed by atoms with van der Waals surface area (Å²) in [6.07, 6.45) is 0. The van der Waals surface area contributed by atoms with Crippen molar-refractivity contribution in [1.82, 2.24) is 0 Å². The Kier molecular flexibility index (Phi) is 9.76. The molecule has 0 heterocycles. The van der Waals surface area contributed by atoms with Gasteiger partial charge in [0.25, 0.3) is 0 Å². The molecule has 0 aliphatic carbocycles. The normalized spacial score (nSPS) is 10.6. The Bertz CT molecular complexity index is 1610. The molecule has 8 heteroatoms. The van der Waals surface area contributed by atoms with Crippen LogP contribution in [0.4, 0.5) is 34.1 Å². The van der Waals surface area contributed by atoms with Crippen LogP contribution in [0, 0.1) is 13.8 Å². The fourth-order valence-corrected chi connectivity index (χ4v) is 5.39. The predicted octanol–water partition coefficient (Wildman–Crippen LogP) is 9.29. The van der Waals surface area contributed by atoms with Crippen LogP contribution in [-0.2, 0) is 0 Å². The van der Waals surface area contributed by atoms with Crippen molar-refractivity contribution in [3.8, 4) is 34.5 Å². The highest BCUT2D eigenvalue weighted by Gasteiger charge is 2.27. The molecule has 8 nitrogen and oxygen atoms in total. The lowest BCUT2D eigenvalue weighted by Crippen LogP contribution is -2.15. The monoisotopic (exact) mass is 620 g/mol. The van der Waals surface area contributed by atoms with E-state index in [-0.39, 0.29) is 0 Å². The average Bonchev–Trinajstić information content (AvgIpc) is 3.10. The molecule has 0 amide bonds. The number of anilines is 6.